The van der Waals surface area contributed by atoms with Gasteiger partial charge >= 0.3 is 0 Å². The summed E-state index contributed by atoms with van der Waals surface area (Å²) in [6, 6.07) is 7.26. The minimum atomic E-state index is 0.505. The van der Waals surface area contributed by atoms with Crippen LogP contribution in [0.5, 0.6) is 5.75 Å². The smallest absolute Gasteiger partial charge is 0.191 e. The predicted molar refractivity (Wildman–Crippen MR) is 121 cm³/mol. The van der Waals surface area contributed by atoms with Crippen LogP contribution in [0.15, 0.2) is 23.2 Å². The summed E-state index contributed by atoms with van der Waals surface area (Å²) in [5.74, 6) is 3.28. The molecule has 30 heavy (non-hydrogen) atoms. The first-order valence-corrected chi connectivity index (χ1v) is 11.7. The Hall–Kier alpha value is -1.79. The second-order valence-electron chi connectivity index (χ2n) is 9.17. The summed E-state index contributed by atoms with van der Waals surface area (Å²) in [5, 5.41) is 6.95. The molecule has 0 aromatic heterocycles. The summed E-state index contributed by atoms with van der Waals surface area (Å²) >= 11 is 0. The van der Waals surface area contributed by atoms with Gasteiger partial charge in [-0.3, -0.25) is 9.89 Å². The highest BCUT2D eigenvalue weighted by atomic mass is 16.5. The average Bonchev–Trinajstić information content (AvgIpc) is 3.68. The molecule has 0 bridgehead atoms. The van der Waals surface area contributed by atoms with Crippen molar-refractivity contribution in [3.05, 3.63) is 29.3 Å². The van der Waals surface area contributed by atoms with Gasteiger partial charge in [0.25, 0.3) is 0 Å². The molecule has 6 heteroatoms. The number of guanidine groups is 1. The standard InChI is InChI=1S/C24H38N4O2/c1-18-3-6-21(23(13-18)30-17-20-9-12-29-16-20)14-27-24(25-2)26-10-11-28(22-7-8-22)15-19-4-5-19/h3,6,13,19-20,22H,4-5,7-12,14-17H2,1-2H3,(H2,25,26,27). The third-order valence-electron chi connectivity index (χ3n) is 6.34. The van der Waals surface area contributed by atoms with Gasteiger partial charge in [-0.05, 0) is 56.6 Å². The lowest BCUT2D eigenvalue weighted by atomic mass is 10.1. The monoisotopic (exact) mass is 414 g/mol. The van der Waals surface area contributed by atoms with Crippen LogP contribution < -0.4 is 15.4 Å². The van der Waals surface area contributed by atoms with E-state index in [2.05, 4.69) is 45.6 Å². The highest BCUT2D eigenvalue weighted by Gasteiger charge is 2.33. The Kier molecular flexibility index (Phi) is 7.50. The average molecular weight is 415 g/mol. The zero-order valence-electron chi connectivity index (χ0n) is 18.7. The Morgan fingerprint density at radius 2 is 2.03 bits per heavy atom. The predicted octanol–water partition coefficient (Wildman–Crippen LogP) is 2.95. The molecule has 1 atom stereocenters. The number of aliphatic imine (C=N–C) groups is 1. The van der Waals surface area contributed by atoms with E-state index in [9.17, 15) is 0 Å². The molecule has 1 aromatic rings. The lowest BCUT2D eigenvalue weighted by Crippen LogP contribution is -2.42. The third kappa shape index (κ3) is 6.61. The van der Waals surface area contributed by atoms with E-state index in [1.54, 1.807) is 0 Å². The molecule has 4 rings (SSSR count). The van der Waals surface area contributed by atoms with E-state index in [-0.39, 0.29) is 0 Å². The van der Waals surface area contributed by atoms with Crippen LogP contribution in [0.25, 0.3) is 0 Å². The topological polar surface area (TPSA) is 58.1 Å². The van der Waals surface area contributed by atoms with Gasteiger partial charge in [0.15, 0.2) is 5.96 Å². The Morgan fingerprint density at radius 3 is 2.73 bits per heavy atom. The summed E-state index contributed by atoms with van der Waals surface area (Å²) in [6.45, 7) is 8.52. The quantitative estimate of drug-likeness (QED) is 0.431. The van der Waals surface area contributed by atoms with Gasteiger partial charge in [-0.15, -0.1) is 0 Å². The molecule has 1 unspecified atom stereocenters. The maximum atomic E-state index is 6.17. The van der Waals surface area contributed by atoms with E-state index in [1.165, 1.54) is 37.8 Å². The normalized spacial score (nSPS) is 21.8. The van der Waals surface area contributed by atoms with Gasteiger partial charge in [-0.1, -0.05) is 12.1 Å². The first-order valence-electron chi connectivity index (χ1n) is 11.7. The van der Waals surface area contributed by atoms with Crippen molar-refractivity contribution < 1.29 is 9.47 Å². The van der Waals surface area contributed by atoms with Crippen LogP contribution in [-0.2, 0) is 11.3 Å². The van der Waals surface area contributed by atoms with Gasteiger partial charge in [0.1, 0.15) is 5.75 Å². The van der Waals surface area contributed by atoms with Crippen molar-refractivity contribution in [3.63, 3.8) is 0 Å². The Labute approximate surface area is 181 Å². The first-order chi connectivity index (χ1) is 14.7. The fourth-order valence-electron chi connectivity index (χ4n) is 4.08. The molecule has 0 amide bonds. The maximum Gasteiger partial charge on any atom is 0.191 e. The van der Waals surface area contributed by atoms with Crippen molar-refractivity contribution in [2.75, 3.05) is 46.5 Å². The van der Waals surface area contributed by atoms with Gasteiger partial charge in [0.2, 0.25) is 0 Å². The van der Waals surface area contributed by atoms with Crippen LogP contribution in [0.4, 0.5) is 0 Å². The molecule has 1 aliphatic heterocycles. The van der Waals surface area contributed by atoms with Gasteiger partial charge in [-0.25, -0.2) is 0 Å². The summed E-state index contributed by atoms with van der Waals surface area (Å²) in [6.07, 6.45) is 6.70. The van der Waals surface area contributed by atoms with Crippen molar-refractivity contribution in [1.29, 1.82) is 0 Å². The van der Waals surface area contributed by atoms with E-state index in [0.29, 0.717) is 12.5 Å². The second-order valence-corrected chi connectivity index (χ2v) is 9.17. The fourth-order valence-corrected chi connectivity index (χ4v) is 4.08. The number of aryl methyl sites for hydroxylation is 1. The molecule has 2 N–H and O–H groups in total. The van der Waals surface area contributed by atoms with Crippen molar-refractivity contribution in [2.45, 2.75) is 51.6 Å². The van der Waals surface area contributed by atoms with Crippen LogP contribution in [0.1, 0.15) is 43.2 Å². The Morgan fingerprint density at radius 1 is 1.17 bits per heavy atom. The third-order valence-corrected chi connectivity index (χ3v) is 6.34. The summed E-state index contributed by atoms with van der Waals surface area (Å²) in [7, 11) is 1.84. The van der Waals surface area contributed by atoms with Gasteiger partial charge in [0.05, 0.1) is 13.2 Å². The second kappa shape index (κ2) is 10.5. The van der Waals surface area contributed by atoms with Crippen LogP contribution in [0, 0.1) is 18.8 Å². The number of ether oxygens (including phenoxy) is 2. The van der Waals surface area contributed by atoms with Gasteiger partial charge in [0, 0.05) is 57.4 Å². The Bertz CT molecular complexity index is 709. The molecule has 3 fully saturated rings. The van der Waals surface area contributed by atoms with Crippen molar-refractivity contribution >= 4 is 5.96 Å². The fraction of sp³-hybridized carbons (Fsp3) is 0.708. The number of hydrogen-bond donors (Lipinski definition) is 2. The lowest BCUT2D eigenvalue weighted by Gasteiger charge is -2.22. The van der Waals surface area contributed by atoms with E-state index < -0.39 is 0 Å². The van der Waals surface area contributed by atoms with Crippen LogP contribution in [0.2, 0.25) is 0 Å². The van der Waals surface area contributed by atoms with Crippen molar-refractivity contribution in [2.24, 2.45) is 16.8 Å². The lowest BCUT2D eigenvalue weighted by molar-refractivity contribution is 0.166. The number of hydrogen-bond acceptors (Lipinski definition) is 4. The molecule has 166 valence electrons. The van der Waals surface area contributed by atoms with E-state index in [0.717, 1.165) is 68.6 Å². The van der Waals surface area contributed by atoms with E-state index >= 15 is 0 Å². The summed E-state index contributed by atoms with van der Waals surface area (Å²) < 4.78 is 11.6. The zero-order valence-corrected chi connectivity index (χ0v) is 18.7. The van der Waals surface area contributed by atoms with Gasteiger partial charge in [-0.2, -0.15) is 0 Å². The molecule has 1 heterocycles. The van der Waals surface area contributed by atoms with Crippen molar-refractivity contribution in [3.8, 4) is 5.75 Å². The van der Waals surface area contributed by atoms with Crippen molar-refractivity contribution in [1.82, 2.24) is 15.5 Å². The number of benzene rings is 1. The zero-order chi connectivity index (χ0) is 20.8. The van der Waals surface area contributed by atoms with E-state index in [4.69, 9.17) is 9.47 Å². The molecule has 2 saturated carbocycles. The molecular weight excluding hydrogens is 376 g/mol. The number of rotatable bonds is 11. The molecule has 1 aromatic carbocycles. The molecule has 3 aliphatic rings. The molecule has 6 nitrogen and oxygen atoms in total. The van der Waals surface area contributed by atoms with E-state index in [1.807, 2.05) is 7.05 Å². The minimum absolute atomic E-state index is 0.505. The first kappa shape index (κ1) is 21.4. The molecular formula is C24H38N4O2. The summed E-state index contributed by atoms with van der Waals surface area (Å²) in [5.41, 5.74) is 2.38. The number of nitrogens with zero attached hydrogens (tertiary/aromatic N) is 2. The highest BCUT2D eigenvalue weighted by molar-refractivity contribution is 5.79. The van der Waals surface area contributed by atoms with Crippen LogP contribution >= 0.6 is 0 Å². The van der Waals surface area contributed by atoms with Gasteiger partial charge < -0.3 is 20.1 Å². The largest absolute Gasteiger partial charge is 0.493 e. The minimum Gasteiger partial charge on any atom is -0.493 e. The maximum absolute atomic E-state index is 6.17. The van der Waals surface area contributed by atoms with Crippen LogP contribution in [-0.4, -0.2) is 63.4 Å². The highest BCUT2D eigenvalue weighted by Crippen LogP contribution is 2.34. The number of nitrogens with one attached hydrogen (secondary N) is 2. The molecule has 0 spiro atoms. The summed E-state index contributed by atoms with van der Waals surface area (Å²) in [4.78, 5) is 7.09. The van der Waals surface area contributed by atoms with Crippen LogP contribution in [0.3, 0.4) is 0 Å². The SMILES string of the molecule is CN=C(NCCN(CC1CC1)C1CC1)NCc1ccc(C)cc1OCC1CCOC1. The molecule has 2 aliphatic carbocycles. The molecule has 1 saturated heterocycles. The molecule has 0 radical (unpaired) electrons. The Balaban J connectivity index is 1.23.